The Kier molecular flexibility index (Phi) is 39.4. The maximum Gasteiger partial charge on any atom is 0.306 e. The van der Waals surface area contributed by atoms with Crippen molar-refractivity contribution in [2.45, 2.75) is 259 Å². The zero-order chi connectivity index (χ0) is 38.2. The summed E-state index contributed by atoms with van der Waals surface area (Å²) in [5, 5.41) is 0. The van der Waals surface area contributed by atoms with Crippen LogP contribution in [0.2, 0.25) is 0 Å². The first-order chi connectivity index (χ1) is 25.4. The molecule has 0 rings (SSSR count). The number of carbonyl (C=O) groups is 3. The molecule has 0 radical (unpaired) electrons. The highest BCUT2D eigenvalue weighted by Crippen LogP contribution is 2.16. The number of rotatable bonds is 41. The van der Waals surface area contributed by atoms with Gasteiger partial charge < -0.3 is 14.2 Å². The molecule has 0 spiro atoms. The van der Waals surface area contributed by atoms with Crippen LogP contribution in [0.1, 0.15) is 252 Å². The highest BCUT2D eigenvalue weighted by atomic mass is 16.6. The number of carbonyl (C=O) groups excluding carboxylic acids is 3. The van der Waals surface area contributed by atoms with Gasteiger partial charge in [-0.2, -0.15) is 0 Å². The minimum Gasteiger partial charge on any atom is -0.462 e. The van der Waals surface area contributed by atoms with Crippen LogP contribution in [0.25, 0.3) is 0 Å². The Hall–Kier alpha value is -1.59. The minimum atomic E-state index is -0.758. The van der Waals surface area contributed by atoms with Gasteiger partial charge in [0.1, 0.15) is 13.2 Å². The summed E-state index contributed by atoms with van der Waals surface area (Å²) >= 11 is 0. The van der Waals surface area contributed by atoms with Crippen LogP contribution in [-0.2, 0) is 28.6 Å². The van der Waals surface area contributed by atoms with E-state index >= 15 is 0 Å². The van der Waals surface area contributed by atoms with Crippen molar-refractivity contribution >= 4 is 17.9 Å². The van der Waals surface area contributed by atoms with E-state index in [1.54, 1.807) is 0 Å². The first-order valence-electron chi connectivity index (χ1n) is 22.9. The van der Waals surface area contributed by atoms with Crippen LogP contribution in [0.15, 0.2) is 0 Å². The van der Waals surface area contributed by atoms with Gasteiger partial charge in [0.25, 0.3) is 0 Å². The lowest BCUT2D eigenvalue weighted by molar-refractivity contribution is -0.167. The van der Waals surface area contributed by atoms with Crippen LogP contribution < -0.4 is 0 Å². The average molecular weight is 737 g/mol. The maximum absolute atomic E-state index is 12.7. The van der Waals surface area contributed by atoms with Gasteiger partial charge in [-0.3, -0.25) is 14.4 Å². The van der Waals surface area contributed by atoms with Crippen LogP contribution in [0.3, 0.4) is 0 Å². The largest absolute Gasteiger partial charge is 0.462 e. The molecule has 0 saturated heterocycles. The molecule has 0 unspecified atom stereocenters. The lowest BCUT2D eigenvalue weighted by atomic mass is 10.0. The molecule has 308 valence electrons. The van der Waals surface area contributed by atoms with E-state index in [1.165, 1.54) is 148 Å². The van der Waals surface area contributed by atoms with Crippen LogP contribution in [0.5, 0.6) is 0 Å². The molecular formula is C46H88O6. The normalized spacial score (nSPS) is 11.9. The van der Waals surface area contributed by atoms with Crippen molar-refractivity contribution < 1.29 is 28.6 Å². The predicted molar refractivity (Wildman–Crippen MR) is 220 cm³/mol. The Morgan fingerprint density at radius 1 is 0.365 bits per heavy atom. The van der Waals surface area contributed by atoms with E-state index in [-0.39, 0.29) is 31.1 Å². The second-order valence-corrected chi connectivity index (χ2v) is 16.2. The van der Waals surface area contributed by atoms with Crippen LogP contribution in [0, 0.1) is 5.92 Å². The number of unbranched alkanes of at least 4 members (excludes halogenated alkanes) is 28. The van der Waals surface area contributed by atoms with Crippen molar-refractivity contribution in [3.05, 3.63) is 0 Å². The zero-order valence-corrected chi connectivity index (χ0v) is 35.3. The number of hydrogen-bond acceptors (Lipinski definition) is 6. The van der Waals surface area contributed by atoms with Crippen LogP contribution in [0.4, 0.5) is 0 Å². The third kappa shape index (κ3) is 39.6. The Bertz CT molecular complexity index is 781. The fraction of sp³-hybridized carbons (Fsp3) is 0.935. The molecule has 6 nitrogen and oxygen atoms in total. The molecular weight excluding hydrogens is 648 g/mol. The molecule has 0 aromatic heterocycles. The predicted octanol–water partition coefficient (Wildman–Crippen LogP) is 14.3. The van der Waals surface area contributed by atoms with Crippen molar-refractivity contribution in [2.75, 3.05) is 13.2 Å². The van der Waals surface area contributed by atoms with Gasteiger partial charge in [0.05, 0.1) is 0 Å². The molecule has 0 aliphatic heterocycles. The molecule has 1 atom stereocenters. The molecule has 0 saturated carbocycles. The van der Waals surface area contributed by atoms with E-state index in [0.717, 1.165) is 63.7 Å². The molecule has 0 heterocycles. The van der Waals surface area contributed by atoms with Crippen molar-refractivity contribution in [3.63, 3.8) is 0 Å². The number of ether oxygens (including phenoxy) is 3. The van der Waals surface area contributed by atoms with Gasteiger partial charge in [-0.15, -0.1) is 0 Å². The lowest BCUT2D eigenvalue weighted by Crippen LogP contribution is -2.30. The monoisotopic (exact) mass is 737 g/mol. The van der Waals surface area contributed by atoms with E-state index in [4.69, 9.17) is 14.2 Å². The summed E-state index contributed by atoms with van der Waals surface area (Å²) in [5.74, 6) is -0.0651. The highest BCUT2D eigenvalue weighted by molar-refractivity contribution is 5.71. The topological polar surface area (TPSA) is 78.9 Å². The van der Waals surface area contributed by atoms with Crippen LogP contribution in [-0.4, -0.2) is 37.2 Å². The fourth-order valence-corrected chi connectivity index (χ4v) is 6.80. The van der Waals surface area contributed by atoms with Gasteiger partial charge in [-0.1, -0.05) is 214 Å². The summed E-state index contributed by atoms with van der Waals surface area (Å²) in [4.78, 5) is 37.6. The Balaban J connectivity index is 4.25. The molecule has 0 aliphatic rings. The second kappa shape index (κ2) is 40.6. The molecule has 6 heteroatoms. The lowest BCUT2D eigenvalue weighted by Gasteiger charge is -2.18. The Morgan fingerprint density at radius 2 is 0.635 bits per heavy atom. The maximum atomic E-state index is 12.7. The quantitative estimate of drug-likeness (QED) is 0.0353. The van der Waals surface area contributed by atoms with Gasteiger partial charge in [-0.25, -0.2) is 0 Å². The van der Waals surface area contributed by atoms with Gasteiger partial charge in [0, 0.05) is 19.3 Å². The van der Waals surface area contributed by atoms with Crippen molar-refractivity contribution in [1.82, 2.24) is 0 Å². The van der Waals surface area contributed by atoms with E-state index in [0.29, 0.717) is 19.3 Å². The summed E-state index contributed by atoms with van der Waals surface area (Å²) in [5.41, 5.74) is 0. The molecule has 0 aromatic rings. The summed E-state index contributed by atoms with van der Waals surface area (Å²) in [6, 6.07) is 0. The first-order valence-corrected chi connectivity index (χ1v) is 22.9. The SMILES string of the molecule is CCCCCCCCCCCCCCCCCCC(=O)O[C@@H](COC(=O)CCCCCCCCC)COC(=O)CCCCCCCCCCC(C)C. The van der Waals surface area contributed by atoms with E-state index in [2.05, 4.69) is 27.7 Å². The standard InChI is InChI=1S/C46H88O6/c1-5-7-9-11-13-14-15-16-17-18-19-20-21-27-31-35-39-46(49)52-43(40-50-44(47)37-33-29-24-12-10-8-6-2)41-51-45(48)38-34-30-26-23-22-25-28-32-36-42(3)4/h42-43H,5-41H2,1-4H3/t43-/m0/s1. The minimum absolute atomic E-state index is 0.0649. The third-order valence-electron chi connectivity index (χ3n) is 10.3. The average Bonchev–Trinajstić information content (AvgIpc) is 3.12. The summed E-state index contributed by atoms with van der Waals surface area (Å²) in [6.45, 7) is 8.93. The first kappa shape index (κ1) is 50.4. The molecule has 0 fully saturated rings. The smallest absolute Gasteiger partial charge is 0.306 e. The Labute approximate surface area is 323 Å². The molecule has 0 bridgehead atoms. The molecule has 52 heavy (non-hydrogen) atoms. The molecule has 0 aliphatic carbocycles. The van der Waals surface area contributed by atoms with E-state index < -0.39 is 6.10 Å². The van der Waals surface area contributed by atoms with E-state index in [1.807, 2.05) is 0 Å². The van der Waals surface area contributed by atoms with Gasteiger partial charge in [0.15, 0.2) is 6.10 Å². The third-order valence-corrected chi connectivity index (χ3v) is 10.3. The molecule has 0 amide bonds. The van der Waals surface area contributed by atoms with Gasteiger partial charge in [-0.05, 0) is 25.2 Å². The van der Waals surface area contributed by atoms with Gasteiger partial charge >= 0.3 is 17.9 Å². The van der Waals surface area contributed by atoms with Crippen molar-refractivity contribution in [1.29, 1.82) is 0 Å². The van der Waals surface area contributed by atoms with Crippen molar-refractivity contribution in [2.24, 2.45) is 5.92 Å². The molecule has 0 aromatic carbocycles. The number of esters is 3. The second-order valence-electron chi connectivity index (χ2n) is 16.2. The number of hydrogen-bond donors (Lipinski definition) is 0. The molecule has 0 N–H and O–H groups in total. The fourth-order valence-electron chi connectivity index (χ4n) is 6.80. The van der Waals surface area contributed by atoms with Crippen LogP contribution >= 0.6 is 0 Å². The summed E-state index contributed by atoms with van der Waals surface area (Å²) in [7, 11) is 0. The van der Waals surface area contributed by atoms with Gasteiger partial charge in [0.2, 0.25) is 0 Å². The Morgan fingerprint density at radius 3 is 0.942 bits per heavy atom. The highest BCUT2D eigenvalue weighted by Gasteiger charge is 2.19. The zero-order valence-electron chi connectivity index (χ0n) is 35.3. The summed E-state index contributed by atoms with van der Waals surface area (Å²) in [6.07, 6.45) is 39.6. The summed E-state index contributed by atoms with van der Waals surface area (Å²) < 4.78 is 16.7. The van der Waals surface area contributed by atoms with E-state index in [9.17, 15) is 14.4 Å². The van der Waals surface area contributed by atoms with Crippen molar-refractivity contribution in [3.8, 4) is 0 Å².